The summed E-state index contributed by atoms with van der Waals surface area (Å²) in [5.74, 6) is -0.578. The van der Waals surface area contributed by atoms with Crippen LogP contribution in [0.5, 0.6) is 0 Å². The van der Waals surface area contributed by atoms with Gasteiger partial charge in [0, 0.05) is 51.2 Å². The molecule has 33 heavy (non-hydrogen) atoms. The molecule has 0 aromatic heterocycles. The van der Waals surface area contributed by atoms with Crippen LogP contribution in [-0.4, -0.2) is 73.1 Å². The molecule has 1 aromatic rings. The Labute approximate surface area is 196 Å². The third-order valence-corrected chi connectivity index (χ3v) is 9.47. The Morgan fingerprint density at radius 3 is 2.58 bits per heavy atom. The van der Waals surface area contributed by atoms with E-state index in [1.807, 2.05) is 19.1 Å². The first kappa shape index (κ1) is 23.1. The van der Waals surface area contributed by atoms with Crippen LogP contribution < -0.4 is 4.90 Å². The number of benzene rings is 1. The van der Waals surface area contributed by atoms with Crippen molar-refractivity contribution >= 4 is 11.7 Å². The normalized spacial score (nSPS) is 41.4. The molecule has 2 aliphatic carbocycles. The Hall–Kier alpha value is -1.70. The number of hydrogen-bond donors (Lipinski definition) is 1. The summed E-state index contributed by atoms with van der Waals surface area (Å²) in [4.78, 5) is 17.3. The molecule has 2 aliphatic heterocycles. The zero-order chi connectivity index (χ0) is 23.4. The number of piperazine rings is 1. The number of anilines is 1. The molecule has 2 saturated heterocycles. The summed E-state index contributed by atoms with van der Waals surface area (Å²) in [6.45, 7) is 7.78. The largest absolute Gasteiger partial charge is 0.462 e. The fraction of sp³-hybridized carbons (Fsp3) is 0.731. The minimum Gasteiger partial charge on any atom is -0.462 e. The second kappa shape index (κ2) is 8.21. The Morgan fingerprint density at radius 2 is 1.88 bits per heavy atom. The second-order valence-electron chi connectivity index (χ2n) is 11.1. The average Bonchev–Trinajstić information content (AvgIpc) is 3.07. The van der Waals surface area contributed by atoms with Gasteiger partial charge in [-0.25, -0.2) is 4.39 Å². The van der Waals surface area contributed by atoms with E-state index in [4.69, 9.17) is 9.47 Å². The third kappa shape index (κ3) is 3.58. The number of ether oxygens (including phenoxy) is 2. The molecule has 0 radical (unpaired) electrons. The van der Waals surface area contributed by atoms with Crippen molar-refractivity contribution in [3.8, 4) is 0 Å². The maximum absolute atomic E-state index is 14.2. The maximum atomic E-state index is 14.2. The number of para-hydroxylation sites is 1. The number of fused-ring (bicyclic) bond motifs is 2. The van der Waals surface area contributed by atoms with Crippen LogP contribution >= 0.6 is 0 Å². The lowest BCUT2D eigenvalue weighted by atomic mass is 9.49. The van der Waals surface area contributed by atoms with Gasteiger partial charge in [-0.05, 0) is 51.2 Å². The number of halogens is 1. The van der Waals surface area contributed by atoms with Crippen molar-refractivity contribution in [1.29, 1.82) is 0 Å². The highest BCUT2D eigenvalue weighted by Gasteiger charge is 2.67. The average molecular weight is 461 g/mol. The fourth-order valence-electron chi connectivity index (χ4n) is 7.25. The van der Waals surface area contributed by atoms with E-state index in [0.717, 1.165) is 45.4 Å². The number of aliphatic hydroxyl groups is 1. The summed E-state index contributed by atoms with van der Waals surface area (Å²) in [6.07, 6.45) is 3.84. The standard InChI is InChI=1S/C26H37FN2O4/c1-24-9-6-10-25(2,32-3)26(24,31)15-18-19(23(30)33-22(18)16-24)17-28-11-13-29(14-12-28)21-8-5-4-7-20(21)27/h4-5,7-8,18-19,22,31H,6,9-17H2,1-3H3/t18-,19+,22+,24+,25+,26+/m0/s1. The van der Waals surface area contributed by atoms with E-state index in [1.54, 1.807) is 13.2 Å². The highest BCUT2D eigenvalue weighted by Crippen LogP contribution is 2.61. The minimum absolute atomic E-state index is 0.00672. The topological polar surface area (TPSA) is 62.2 Å². The predicted molar refractivity (Wildman–Crippen MR) is 123 cm³/mol. The van der Waals surface area contributed by atoms with Crippen LogP contribution in [0.4, 0.5) is 10.1 Å². The molecule has 2 heterocycles. The SMILES string of the molecule is CO[C@]1(C)CCC[C@]2(C)C[C@H]3OC(=O)[C@H](CN4CCN(c5ccccc5F)CC4)[C@@H]3C[C@@]21O. The maximum Gasteiger partial charge on any atom is 0.310 e. The first-order valence-electron chi connectivity index (χ1n) is 12.4. The zero-order valence-corrected chi connectivity index (χ0v) is 20.1. The van der Waals surface area contributed by atoms with Gasteiger partial charge in [-0.1, -0.05) is 19.1 Å². The van der Waals surface area contributed by atoms with Gasteiger partial charge in [-0.3, -0.25) is 9.69 Å². The number of hydrogen-bond acceptors (Lipinski definition) is 6. The van der Waals surface area contributed by atoms with E-state index in [-0.39, 0.29) is 35.1 Å². The second-order valence-corrected chi connectivity index (χ2v) is 11.1. The van der Waals surface area contributed by atoms with Gasteiger partial charge in [0.15, 0.2) is 0 Å². The van der Waals surface area contributed by atoms with Crippen molar-refractivity contribution in [3.63, 3.8) is 0 Å². The molecule has 0 amide bonds. The van der Waals surface area contributed by atoms with Crippen LogP contribution in [0, 0.1) is 23.1 Å². The molecule has 0 unspecified atom stereocenters. The molecule has 6 atom stereocenters. The number of rotatable bonds is 4. The molecule has 4 aliphatic rings. The van der Waals surface area contributed by atoms with Gasteiger partial charge < -0.3 is 19.5 Å². The number of methoxy groups -OCH3 is 1. The smallest absolute Gasteiger partial charge is 0.310 e. The van der Waals surface area contributed by atoms with Gasteiger partial charge in [-0.15, -0.1) is 0 Å². The zero-order valence-electron chi connectivity index (χ0n) is 20.1. The predicted octanol–water partition coefficient (Wildman–Crippen LogP) is 3.23. The quantitative estimate of drug-likeness (QED) is 0.697. The van der Waals surface area contributed by atoms with Crippen LogP contribution in [0.3, 0.4) is 0 Å². The summed E-state index contributed by atoms with van der Waals surface area (Å²) in [7, 11) is 1.69. The fourth-order valence-corrected chi connectivity index (χ4v) is 7.25. The van der Waals surface area contributed by atoms with E-state index in [1.165, 1.54) is 6.07 Å². The van der Waals surface area contributed by atoms with Gasteiger partial charge in [0.2, 0.25) is 0 Å². The van der Waals surface area contributed by atoms with E-state index >= 15 is 0 Å². The van der Waals surface area contributed by atoms with E-state index < -0.39 is 11.2 Å². The van der Waals surface area contributed by atoms with Gasteiger partial charge in [0.05, 0.1) is 22.8 Å². The molecule has 6 nitrogen and oxygen atoms in total. The van der Waals surface area contributed by atoms with Crippen LogP contribution in [0.1, 0.15) is 46.0 Å². The summed E-state index contributed by atoms with van der Waals surface area (Å²) in [5.41, 5.74) is -1.28. The Morgan fingerprint density at radius 1 is 1.15 bits per heavy atom. The van der Waals surface area contributed by atoms with Crippen LogP contribution in [-0.2, 0) is 14.3 Å². The van der Waals surface area contributed by atoms with E-state index in [9.17, 15) is 14.3 Å². The monoisotopic (exact) mass is 460 g/mol. The Bertz CT molecular complexity index is 906. The molecule has 0 bridgehead atoms. The summed E-state index contributed by atoms with van der Waals surface area (Å²) in [6, 6.07) is 6.89. The lowest BCUT2D eigenvalue weighted by Gasteiger charge is -2.62. The van der Waals surface area contributed by atoms with Gasteiger partial charge in [-0.2, -0.15) is 0 Å². The van der Waals surface area contributed by atoms with Gasteiger partial charge in [0.1, 0.15) is 11.9 Å². The number of nitrogens with zero attached hydrogens (tertiary/aromatic N) is 2. The van der Waals surface area contributed by atoms with Crippen LogP contribution in [0.2, 0.25) is 0 Å². The minimum atomic E-state index is -0.982. The first-order valence-corrected chi connectivity index (χ1v) is 12.4. The summed E-state index contributed by atoms with van der Waals surface area (Å²) >= 11 is 0. The molecule has 2 saturated carbocycles. The summed E-state index contributed by atoms with van der Waals surface area (Å²) < 4.78 is 26.0. The Balaban J connectivity index is 1.29. The molecule has 7 heteroatoms. The van der Waals surface area contributed by atoms with E-state index in [2.05, 4.69) is 16.7 Å². The molecule has 0 spiro atoms. The van der Waals surface area contributed by atoms with Gasteiger partial charge >= 0.3 is 5.97 Å². The lowest BCUT2D eigenvalue weighted by Crippen LogP contribution is -2.69. The molecule has 4 fully saturated rings. The van der Waals surface area contributed by atoms with Crippen molar-refractivity contribution in [1.82, 2.24) is 4.90 Å². The number of esters is 1. The molecule has 1 aromatic carbocycles. The van der Waals surface area contributed by atoms with Crippen molar-refractivity contribution in [2.75, 3.05) is 44.7 Å². The molecule has 182 valence electrons. The molecule has 5 rings (SSSR count). The molecular formula is C26H37FN2O4. The molecule has 1 N–H and O–H groups in total. The third-order valence-electron chi connectivity index (χ3n) is 9.47. The highest BCUT2D eigenvalue weighted by atomic mass is 19.1. The lowest BCUT2D eigenvalue weighted by molar-refractivity contribution is -0.270. The van der Waals surface area contributed by atoms with Gasteiger partial charge in [0.25, 0.3) is 0 Å². The van der Waals surface area contributed by atoms with Crippen molar-refractivity contribution < 1.29 is 23.8 Å². The number of carbonyl (C=O) groups is 1. The van der Waals surface area contributed by atoms with E-state index in [0.29, 0.717) is 25.1 Å². The molecular weight excluding hydrogens is 423 g/mol. The Kier molecular flexibility index (Phi) is 5.73. The number of carbonyl (C=O) groups excluding carboxylic acids is 1. The van der Waals surface area contributed by atoms with Crippen LogP contribution in [0.25, 0.3) is 0 Å². The van der Waals surface area contributed by atoms with Crippen LogP contribution in [0.15, 0.2) is 24.3 Å². The summed E-state index contributed by atoms with van der Waals surface area (Å²) in [5, 5.41) is 12.1. The van der Waals surface area contributed by atoms with Crippen molar-refractivity contribution in [2.24, 2.45) is 17.3 Å². The first-order chi connectivity index (χ1) is 15.7. The highest BCUT2D eigenvalue weighted by molar-refractivity contribution is 5.75. The van der Waals surface area contributed by atoms with Crippen molar-refractivity contribution in [3.05, 3.63) is 30.1 Å². The van der Waals surface area contributed by atoms with Crippen molar-refractivity contribution in [2.45, 2.75) is 63.3 Å².